The maximum absolute atomic E-state index is 4.57. The van der Waals surface area contributed by atoms with Crippen molar-refractivity contribution >= 4 is 17.0 Å². The van der Waals surface area contributed by atoms with Gasteiger partial charge < -0.3 is 15.6 Å². The zero-order valence-electron chi connectivity index (χ0n) is 12.5. The summed E-state index contributed by atoms with van der Waals surface area (Å²) in [5.74, 6) is 1.86. The van der Waals surface area contributed by atoms with Crippen molar-refractivity contribution in [3.63, 3.8) is 0 Å². The van der Waals surface area contributed by atoms with Gasteiger partial charge in [0.1, 0.15) is 5.82 Å². The molecule has 112 valence electrons. The van der Waals surface area contributed by atoms with Gasteiger partial charge in [0.2, 0.25) is 0 Å². The van der Waals surface area contributed by atoms with Gasteiger partial charge in [-0.3, -0.25) is 4.99 Å². The number of aromatic amines is 1. The summed E-state index contributed by atoms with van der Waals surface area (Å²) in [5.41, 5.74) is 2.12. The Kier molecular flexibility index (Phi) is 5.82. The number of rotatable bonds is 7. The van der Waals surface area contributed by atoms with E-state index in [9.17, 15) is 0 Å². The van der Waals surface area contributed by atoms with Crippen molar-refractivity contribution in [3.05, 3.63) is 42.7 Å². The SMILES string of the molecule is C=CCNC(=NCCCc1nc2ccccc2[nH]1)NCC. The lowest BCUT2D eigenvalue weighted by atomic mass is 10.3. The van der Waals surface area contributed by atoms with Gasteiger partial charge in [-0.05, 0) is 25.5 Å². The predicted molar refractivity (Wildman–Crippen MR) is 88.6 cm³/mol. The highest BCUT2D eigenvalue weighted by Gasteiger charge is 2.01. The molecule has 1 aromatic carbocycles. The van der Waals surface area contributed by atoms with Crippen molar-refractivity contribution in [3.8, 4) is 0 Å². The quantitative estimate of drug-likeness (QED) is 0.316. The Morgan fingerprint density at radius 1 is 1.38 bits per heavy atom. The smallest absolute Gasteiger partial charge is 0.191 e. The monoisotopic (exact) mass is 285 g/mol. The maximum atomic E-state index is 4.57. The van der Waals surface area contributed by atoms with Gasteiger partial charge in [-0.2, -0.15) is 0 Å². The number of nitrogens with one attached hydrogen (secondary N) is 3. The van der Waals surface area contributed by atoms with Crippen LogP contribution in [-0.4, -0.2) is 35.6 Å². The Labute approximate surface area is 125 Å². The van der Waals surface area contributed by atoms with Gasteiger partial charge in [0.05, 0.1) is 11.0 Å². The second-order valence-electron chi connectivity index (χ2n) is 4.73. The zero-order valence-corrected chi connectivity index (χ0v) is 12.5. The number of hydrogen-bond donors (Lipinski definition) is 3. The molecule has 1 aromatic heterocycles. The molecule has 2 rings (SSSR count). The minimum absolute atomic E-state index is 0.718. The van der Waals surface area contributed by atoms with E-state index in [4.69, 9.17) is 0 Å². The Morgan fingerprint density at radius 3 is 3.00 bits per heavy atom. The van der Waals surface area contributed by atoms with Crippen LogP contribution in [0.25, 0.3) is 11.0 Å². The number of nitrogens with zero attached hydrogens (tertiary/aromatic N) is 2. The molecule has 0 aliphatic carbocycles. The van der Waals surface area contributed by atoms with Crippen molar-refractivity contribution in [2.75, 3.05) is 19.6 Å². The lowest BCUT2D eigenvalue weighted by molar-refractivity contribution is 0.779. The summed E-state index contributed by atoms with van der Waals surface area (Å²) in [6.07, 6.45) is 3.69. The van der Waals surface area contributed by atoms with E-state index in [1.165, 1.54) is 0 Å². The normalized spacial score (nSPS) is 11.6. The first-order chi connectivity index (χ1) is 10.3. The standard InChI is InChI=1S/C16H23N5/c1-3-11-18-16(17-4-2)19-12-7-10-15-20-13-8-5-6-9-14(13)21-15/h3,5-6,8-9H,1,4,7,10-12H2,2H3,(H,20,21)(H2,17,18,19). The van der Waals surface area contributed by atoms with Gasteiger partial charge in [-0.15, -0.1) is 6.58 Å². The van der Waals surface area contributed by atoms with E-state index in [0.29, 0.717) is 0 Å². The fourth-order valence-corrected chi connectivity index (χ4v) is 2.07. The Hall–Kier alpha value is -2.30. The number of guanidine groups is 1. The van der Waals surface area contributed by atoms with Gasteiger partial charge in [-0.25, -0.2) is 4.98 Å². The molecule has 2 aromatic rings. The van der Waals surface area contributed by atoms with Gasteiger partial charge in [0.25, 0.3) is 0 Å². The number of aliphatic imine (C=N–C) groups is 1. The summed E-state index contributed by atoms with van der Waals surface area (Å²) in [7, 11) is 0. The second kappa shape index (κ2) is 8.09. The Bertz CT molecular complexity index is 566. The highest BCUT2D eigenvalue weighted by molar-refractivity contribution is 5.79. The van der Waals surface area contributed by atoms with Crippen molar-refractivity contribution in [1.29, 1.82) is 0 Å². The summed E-state index contributed by atoms with van der Waals surface area (Å²) in [6.45, 7) is 8.09. The van der Waals surface area contributed by atoms with Crippen LogP contribution in [0.5, 0.6) is 0 Å². The van der Waals surface area contributed by atoms with E-state index < -0.39 is 0 Å². The molecule has 0 fully saturated rings. The number of fused-ring (bicyclic) bond motifs is 1. The molecule has 21 heavy (non-hydrogen) atoms. The van der Waals surface area contributed by atoms with Crippen LogP contribution < -0.4 is 10.6 Å². The number of benzene rings is 1. The Morgan fingerprint density at radius 2 is 2.24 bits per heavy atom. The lowest BCUT2D eigenvalue weighted by Crippen LogP contribution is -2.37. The Balaban J connectivity index is 1.83. The van der Waals surface area contributed by atoms with Crippen molar-refractivity contribution in [2.24, 2.45) is 4.99 Å². The molecule has 0 radical (unpaired) electrons. The van der Waals surface area contributed by atoms with Crippen molar-refractivity contribution < 1.29 is 0 Å². The van der Waals surface area contributed by atoms with Gasteiger partial charge in [0.15, 0.2) is 5.96 Å². The van der Waals surface area contributed by atoms with Gasteiger partial charge in [0, 0.05) is 26.1 Å². The number of aryl methyl sites for hydroxylation is 1. The lowest BCUT2D eigenvalue weighted by Gasteiger charge is -2.08. The highest BCUT2D eigenvalue weighted by atomic mass is 15.2. The molecular weight excluding hydrogens is 262 g/mol. The molecule has 3 N–H and O–H groups in total. The van der Waals surface area contributed by atoms with E-state index in [1.807, 2.05) is 30.3 Å². The second-order valence-corrected chi connectivity index (χ2v) is 4.73. The number of H-pyrrole nitrogens is 1. The average Bonchev–Trinajstić information content (AvgIpc) is 2.91. The molecule has 0 aliphatic rings. The number of imidazole rings is 1. The van der Waals surface area contributed by atoms with E-state index in [-0.39, 0.29) is 0 Å². The topological polar surface area (TPSA) is 65.1 Å². The van der Waals surface area contributed by atoms with E-state index in [0.717, 1.165) is 55.3 Å². The first kappa shape index (κ1) is 15.1. The number of aromatic nitrogens is 2. The molecule has 0 unspecified atom stereocenters. The van der Waals surface area contributed by atoms with Gasteiger partial charge >= 0.3 is 0 Å². The van der Waals surface area contributed by atoms with Crippen LogP contribution >= 0.6 is 0 Å². The van der Waals surface area contributed by atoms with Crippen molar-refractivity contribution in [1.82, 2.24) is 20.6 Å². The fraction of sp³-hybridized carbons (Fsp3) is 0.375. The maximum Gasteiger partial charge on any atom is 0.191 e. The van der Waals surface area contributed by atoms with Crippen LogP contribution in [0.3, 0.4) is 0 Å². The van der Waals surface area contributed by atoms with Crippen LogP contribution in [0.4, 0.5) is 0 Å². The van der Waals surface area contributed by atoms with Crippen LogP contribution in [0, 0.1) is 0 Å². The average molecular weight is 285 g/mol. The molecule has 0 aliphatic heterocycles. The molecule has 5 nitrogen and oxygen atoms in total. The van der Waals surface area contributed by atoms with Crippen LogP contribution in [0.2, 0.25) is 0 Å². The summed E-state index contributed by atoms with van der Waals surface area (Å²) < 4.78 is 0. The molecular formula is C16H23N5. The summed E-state index contributed by atoms with van der Waals surface area (Å²) in [5, 5.41) is 6.39. The highest BCUT2D eigenvalue weighted by Crippen LogP contribution is 2.11. The molecule has 0 amide bonds. The van der Waals surface area contributed by atoms with E-state index in [2.05, 4.69) is 39.1 Å². The minimum Gasteiger partial charge on any atom is -0.357 e. The van der Waals surface area contributed by atoms with Crippen LogP contribution in [-0.2, 0) is 6.42 Å². The molecule has 0 spiro atoms. The first-order valence-corrected chi connectivity index (χ1v) is 7.40. The fourth-order valence-electron chi connectivity index (χ4n) is 2.07. The third-order valence-electron chi connectivity index (χ3n) is 3.04. The van der Waals surface area contributed by atoms with Crippen molar-refractivity contribution in [2.45, 2.75) is 19.8 Å². The molecule has 1 heterocycles. The number of para-hydroxylation sites is 2. The van der Waals surface area contributed by atoms with E-state index in [1.54, 1.807) is 0 Å². The van der Waals surface area contributed by atoms with E-state index >= 15 is 0 Å². The summed E-state index contributed by atoms with van der Waals surface area (Å²) in [6, 6.07) is 8.09. The molecule has 5 heteroatoms. The largest absolute Gasteiger partial charge is 0.357 e. The molecule has 0 atom stereocenters. The number of hydrogen-bond acceptors (Lipinski definition) is 2. The molecule has 0 bridgehead atoms. The summed E-state index contributed by atoms with van der Waals surface area (Å²) in [4.78, 5) is 12.4. The van der Waals surface area contributed by atoms with Crippen LogP contribution in [0.1, 0.15) is 19.2 Å². The first-order valence-electron chi connectivity index (χ1n) is 7.40. The minimum atomic E-state index is 0.718. The zero-order chi connectivity index (χ0) is 14.9. The van der Waals surface area contributed by atoms with Crippen LogP contribution in [0.15, 0.2) is 41.9 Å². The van der Waals surface area contributed by atoms with Gasteiger partial charge in [-0.1, -0.05) is 18.2 Å². The predicted octanol–water partition coefficient (Wildman–Crippen LogP) is 2.24. The summed E-state index contributed by atoms with van der Waals surface area (Å²) >= 11 is 0. The molecule has 0 saturated carbocycles. The molecule has 0 saturated heterocycles. The third-order valence-corrected chi connectivity index (χ3v) is 3.04. The third kappa shape index (κ3) is 4.63.